The number of anilines is 1. The number of piperidine rings is 1. The molecule has 19 heavy (non-hydrogen) atoms. The highest BCUT2D eigenvalue weighted by Crippen LogP contribution is 2.30. The van der Waals surface area contributed by atoms with E-state index in [-0.39, 0.29) is 11.2 Å². The Labute approximate surface area is 112 Å². The van der Waals surface area contributed by atoms with Crippen molar-refractivity contribution in [3.8, 4) is 0 Å². The predicted molar refractivity (Wildman–Crippen MR) is 74.2 cm³/mol. The predicted octanol–water partition coefficient (Wildman–Crippen LogP) is 2.18. The molecule has 1 saturated heterocycles. The van der Waals surface area contributed by atoms with Gasteiger partial charge in [0.2, 0.25) is 0 Å². The molecule has 0 spiro atoms. The minimum absolute atomic E-state index is 0.123. The Morgan fingerprint density at radius 2 is 2.37 bits per heavy atom. The van der Waals surface area contributed by atoms with Crippen LogP contribution in [0, 0.1) is 15.5 Å². The van der Waals surface area contributed by atoms with Gasteiger partial charge in [0, 0.05) is 18.7 Å². The zero-order chi connectivity index (χ0) is 13.9. The van der Waals surface area contributed by atoms with Crippen molar-refractivity contribution < 1.29 is 4.92 Å². The molecule has 1 fully saturated rings. The van der Waals surface area contributed by atoms with Crippen molar-refractivity contribution in [3.05, 3.63) is 28.4 Å². The zero-order valence-corrected chi connectivity index (χ0v) is 11.3. The normalized spacial score (nSPS) is 21.9. The average Bonchev–Trinajstić information content (AvgIpc) is 2.37. The Balaban J connectivity index is 1.93. The van der Waals surface area contributed by atoms with E-state index in [4.69, 9.17) is 0 Å². The number of nitro groups is 1. The molecule has 2 N–H and O–H groups in total. The summed E-state index contributed by atoms with van der Waals surface area (Å²) in [7, 11) is 0. The van der Waals surface area contributed by atoms with Crippen LogP contribution in [0.25, 0.3) is 0 Å². The van der Waals surface area contributed by atoms with Gasteiger partial charge in [-0.2, -0.15) is 0 Å². The summed E-state index contributed by atoms with van der Waals surface area (Å²) in [5.74, 6) is -0.123. The standard InChI is InChI=1S/C13H20N4O2/c1-13(2)6-3-7-14-11(13)9-15-10-4-5-12(16-8-10)17(18)19/h4-5,8,11,14-15H,3,6-7,9H2,1-2H3. The van der Waals surface area contributed by atoms with Crippen molar-refractivity contribution in [2.45, 2.75) is 32.7 Å². The lowest BCUT2D eigenvalue weighted by molar-refractivity contribution is -0.389. The van der Waals surface area contributed by atoms with Gasteiger partial charge in [-0.05, 0) is 40.8 Å². The highest BCUT2D eigenvalue weighted by Gasteiger charge is 2.31. The molecule has 1 aromatic rings. The first-order valence-corrected chi connectivity index (χ1v) is 6.57. The van der Waals surface area contributed by atoms with Gasteiger partial charge in [-0.15, -0.1) is 0 Å². The van der Waals surface area contributed by atoms with Crippen molar-refractivity contribution in [3.63, 3.8) is 0 Å². The summed E-state index contributed by atoms with van der Waals surface area (Å²) < 4.78 is 0. The molecule has 1 aliphatic heterocycles. The molecule has 0 amide bonds. The van der Waals surface area contributed by atoms with Crippen LogP contribution in [0.2, 0.25) is 0 Å². The Morgan fingerprint density at radius 1 is 1.58 bits per heavy atom. The van der Waals surface area contributed by atoms with Crippen molar-refractivity contribution in [1.29, 1.82) is 0 Å². The second kappa shape index (κ2) is 5.52. The van der Waals surface area contributed by atoms with Crippen LogP contribution < -0.4 is 10.6 Å². The molecule has 1 atom stereocenters. The molecular formula is C13H20N4O2. The van der Waals surface area contributed by atoms with Crippen LogP contribution in [-0.4, -0.2) is 29.0 Å². The van der Waals surface area contributed by atoms with Crippen molar-refractivity contribution in [2.75, 3.05) is 18.4 Å². The number of pyridine rings is 1. The lowest BCUT2D eigenvalue weighted by Crippen LogP contribution is -2.50. The maximum atomic E-state index is 10.5. The molecule has 1 aromatic heterocycles. The molecule has 0 aromatic carbocycles. The molecule has 1 unspecified atom stereocenters. The quantitative estimate of drug-likeness (QED) is 0.643. The van der Waals surface area contributed by atoms with Crippen molar-refractivity contribution in [1.82, 2.24) is 10.3 Å². The summed E-state index contributed by atoms with van der Waals surface area (Å²) in [4.78, 5) is 13.8. The number of rotatable bonds is 4. The maximum absolute atomic E-state index is 10.5. The van der Waals surface area contributed by atoms with E-state index in [1.54, 1.807) is 6.07 Å². The van der Waals surface area contributed by atoms with E-state index in [0.717, 1.165) is 18.8 Å². The van der Waals surface area contributed by atoms with E-state index in [1.807, 2.05) is 0 Å². The number of hydrogen-bond acceptors (Lipinski definition) is 5. The molecular weight excluding hydrogens is 244 g/mol. The molecule has 104 valence electrons. The van der Waals surface area contributed by atoms with Crippen molar-refractivity contribution >= 4 is 11.5 Å². The molecule has 1 aliphatic rings. The SMILES string of the molecule is CC1(C)CCCNC1CNc1ccc([N+](=O)[O-])nc1. The summed E-state index contributed by atoms with van der Waals surface area (Å²) in [6.45, 7) is 6.37. The fourth-order valence-corrected chi connectivity index (χ4v) is 2.44. The molecule has 2 rings (SSSR count). The van der Waals surface area contributed by atoms with E-state index >= 15 is 0 Å². The summed E-state index contributed by atoms with van der Waals surface area (Å²) in [5, 5.41) is 17.3. The smallest absolute Gasteiger partial charge is 0.363 e. The van der Waals surface area contributed by atoms with E-state index < -0.39 is 4.92 Å². The van der Waals surface area contributed by atoms with Gasteiger partial charge in [0.05, 0.1) is 5.69 Å². The molecule has 0 aliphatic carbocycles. The first-order chi connectivity index (χ1) is 8.99. The molecule has 0 bridgehead atoms. The van der Waals surface area contributed by atoms with E-state index in [1.165, 1.54) is 25.1 Å². The van der Waals surface area contributed by atoms with Crippen LogP contribution in [0.1, 0.15) is 26.7 Å². The van der Waals surface area contributed by atoms with Gasteiger partial charge in [-0.25, -0.2) is 0 Å². The summed E-state index contributed by atoms with van der Waals surface area (Å²) in [6, 6.07) is 3.51. The van der Waals surface area contributed by atoms with Gasteiger partial charge >= 0.3 is 5.82 Å². The fourth-order valence-electron chi connectivity index (χ4n) is 2.44. The lowest BCUT2D eigenvalue weighted by Gasteiger charge is -2.39. The monoisotopic (exact) mass is 264 g/mol. The number of nitrogens with one attached hydrogen (secondary N) is 2. The molecule has 6 nitrogen and oxygen atoms in total. The molecule has 0 radical (unpaired) electrons. The first-order valence-electron chi connectivity index (χ1n) is 6.57. The lowest BCUT2D eigenvalue weighted by atomic mass is 9.77. The maximum Gasteiger partial charge on any atom is 0.363 e. The zero-order valence-electron chi connectivity index (χ0n) is 11.3. The minimum Gasteiger partial charge on any atom is -0.380 e. The van der Waals surface area contributed by atoms with Gasteiger partial charge in [0.1, 0.15) is 0 Å². The van der Waals surface area contributed by atoms with Crippen LogP contribution in [0.4, 0.5) is 11.5 Å². The Hall–Kier alpha value is -1.69. The van der Waals surface area contributed by atoms with Gasteiger partial charge in [-0.3, -0.25) is 0 Å². The van der Waals surface area contributed by atoms with Crippen LogP contribution in [0.15, 0.2) is 18.3 Å². The largest absolute Gasteiger partial charge is 0.380 e. The summed E-state index contributed by atoms with van der Waals surface area (Å²) in [5.41, 5.74) is 1.08. The fraction of sp³-hybridized carbons (Fsp3) is 0.615. The van der Waals surface area contributed by atoms with Gasteiger partial charge < -0.3 is 20.7 Å². The van der Waals surface area contributed by atoms with Gasteiger partial charge in [-0.1, -0.05) is 13.8 Å². The molecule has 0 saturated carbocycles. The third kappa shape index (κ3) is 3.41. The van der Waals surface area contributed by atoms with Crippen LogP contribution in [0.5, 0.6) is 0 Å². The molecule has 6 heteroatoms. The average molecular weight is 264 g/mol. The summed E-state index contributed by atoms with van der Waals surface area (Å²) in [6.07, 6.45) is 3.93. The number of aromatic nitrogens is 1. The second-order valence-corrected chi connectivity index (χ2v) is 5.64. The van der Waals surface area contributed by atoms with Gasteiger partial charge in [0.15, 0.2) is 6.20 Å². The van der Waals surface area contributed by atoms with E-state index in [0.29, 0.717) is 6.04 Å². The summed E-state index contributed by atoms with van der Waals surface area (Å²) >= 11 is 0. The van der Waals surface area contributed by atoms with Crippen LogP contribution in [-0.2, 0) is 0 Å². The number of nitrogens with zero attached hydrogens (tertiary/aromatic N) is 2. The van der Waals surface area contributed by atoms with Crippen LogP contribution in [0.3, 0.4) is 0 Å². The van der Waals surface area contributed by atoms with Crippen molar-refractivity contribution in [2.24, 2.45) is 5.41 Å². The van der Waals surface area contributed by atoms with Gasteiger partial charge in [0.25, 0.3) is 0 Å². The third-order valence-electron chi connectivity index (χ3n) is 3.78. The highest BCUT2D eigenvalue weighted by molar-refractivity contribution is 5.43. The second-order valence-electron chi connectivity index (χ2n) is 5.64. The van der Waals surface area contributed by atoms with E-state index in [2.05, 4.69) is 29.5 Å². The Morgan fingerprint density at radius 3 is 2.95 bits per heavy atom. The first kappa shape index (κ1) is 13.7. The van der Waals surface area contributed by atoms with E-state index in [9.17, 15) is 10.1 Å². The highest BCUT2D eigenvalue weighted by atomic mass is 16.6. The van der Waals surface area contributed by atoms with Crippen LogP contribution >= 0.6 is 0 Å². The Kier molecular flexibility index (Phi) is 3.99. The Bertz CT molecular complexity index is 444. The minimum atomic E-state index is -0.490. The third-order valence-corrected chi connectivity index (χ3v) is 3.78. The topological polar surface area (TPSA) is 80.1 Å². The number of hydrogen-bond donors (Lipinski definition) is 2. The molecule has 2 heterocycles.